The van der Waals surface area contributed by atoms with Gasteiger partial charge in [-0.1, -0.05) is 58.0 Å². The van der Waals surface area contributed by atoms with Crippen molar-refractivity contribution in [3.05, 3.63) is 86.8 Å². The van der Waals surface area contributed by atoms with Crippen LogP contribution in [0.5, 0.6) is 5.75 Å². The maximum Gasteiger partial charge on any atom is 0.264 e. The van der Waals surface area contributed by atoms with Crippen molar-refractivity contribution < 1.29 is 22.7 Å². The van der Waals surface area contributed by atoms with Crippen LogP contribution in [-0.4, -0.2) is 50.4 Å². The molecule has 4 rings (SSSR count). The van der Waals surface area contributed by atoms with Crippen molar-refractivity contribution in [1.82, 2.24) is 10.2 Å². The third-order valence-corrected chi connectivity index (χ3v) is 10.4. The maximum atomic E-state index is 14.1. The van der Waals surface area contributed by atoms with Crippen molar-refractivity contribution in [3.63, 3.8) is 0 Å². The van der Waals surface area contributed by atoms with E-state index in [4.69, 9.17) is 27.9 Å². The Morgan fingerprint density at radius 2 is 1.65 bits per heavy atom. The molecule has 0 radical (unpaired) electrons. The number of nitrogens with zero attached hydrogens (tertiary/aromatic N) is 2. The van der Waals surface area contributed by atoms with E-state index >= 15 is 0 Å². The van der Waals surface area contributed by atoms with Crippen molar-refractivity contribution in [2.75, 3.05) is 17.5 Å². The summed E-state index contributed by atoms with van der Waals surface area (Å²) in [4.78, 5) is 28.9. The van der Waals surface area contributed by atoms with E-state index in [1.165, 1.54) is 17.0 Å². The molecule has 1 aliphatic carbocycles. The predicted octanol–water partition coefficient (Wildman–Crippen LogP) is 6.83. The van der Waals surface area contributed by atoms with Crippen LogP contribution in [0.2, 0.25) is 10.0 Å². The summed E-state index contributed by atoms with van der Waals surface area (Å²) in [6.45, 7) is 3.41. The van der Waals surface area contributed by atoms with E-state index in [0.717, 1.165) is 30.0 Å². The summed E-state index contributed by atoms with van der Waals surface area (Å²) >= 11 is 15.7. The van der Waals surface area contributed by atoms with Gasteiger partial charge >= 0.3 is 0 Å². The summed E-state index contributed by atoms with van der Waals surface area (Å²) in [5, 5.41) is 3.72. The lowest BCUT2D eigenvalue weighted by molar-refractivity contribution is -0.139. The van der Waals surface area contributed by atoms with Crippen LogP contribution >= 0.6 is 39.1 Å². The van der Waals surface area contributed by atoms with Gasteiger partial charge in [0.25, 0.3) is 10.0 Å². The number of anilines is 1. The fourth-order valence-corrected chi connectivity index (χ4v) is 6.95. The lowest BCUT2D eigenvalue weighted by Crippen LogP contribution is -2.52. The molecule has 3 aromatic rings. The Balaban J connectivity index is 1.70. The van der Waals surface area contributed by atoms with Crippen molar-refractivity contribution >= 4 is 66.7 Å². The number of rotatable bonds is 12. The number of ether oxygens (including phenoxy) is 1. The molecule has 0 bridgehead atoms. The molecule has 1 aliphatic rings. The van der Waals surface area contributed by atoms with Crippen LogP contribution in [0, 0.1) is 0 Å². The highest BCUT2D eigenvalue weighted by molar-refractivity contribution is 9.10. The average Bonchev–Trinajstić information content (AvgIpc) is 3.50. The molecular weight excluding hydrogens is 677 g/mol. The summed E-state index contributed by atoms with van der Waals surface area (Å²) in [6.07, 6.45) is 3.85. The highest BCUT2D eigenvalue weighted by Gasteiger charge is 2.33. The van der Waals surface area contributed by atoms with Crippen LogP contribution in [0.1, 0.15) is 45.1 Å². The van der Waals surface area contributed by atoms with E-state index in [1.54, 1.807) is 61.5 Å². The first-order valence-corrected chi connectivity index (χ1v) is 17.0. The Morgan fingerprint density at radius 3 is 2.26 bits per heavy atom. The number of benzene rings is 3. The quantitative estimate of drug-likeness (QED) is 0.223. The first-order valence-electron chi connectivity index (χ1n) is 14.0. The minimum Gasteiger partial charge on any atom is -0.494 e. The van der Waals surface area contributed by atoms with E-state index < -0.39 is 28.5 Å². The Labute approximate surface area is 271 Å². The summed E-state index contributed by atoms with van der Waals surface area (Å²) in [5.41, 5.74) is 0.920. The minimum atomic E-state index is -4.19. The van der Waals surface area contributed by atoms with Gasteiger partial charge in [-0.3, -0.25) is 13.9 Å². The molecule has 230 valence electrons. The molecule has 0 aliphatic heterocycles. The number of hydrogen-bond donors (Lipinski definition) is 1. The number of carbonyl (C=O) groups excluding carboxylic acids is 2. The second-order valence-corrected chi connectivity index (χ2v) is 13.9. The number of sulfonamides is 1. The number of halogens is 3. The molecule has 2 amide bonds. The zero-order valence-electron chi connectivity index (χ0n) is 23.9. The SMILES string of the molecule is CCOc1ccc(N(CC(=O)N(Cc2ccc(Cl)c(Cl)c2)C(C)C(=O)NC2CCCC2)S(=O)(=O)c2ccc(Br)cc2)cc1. The first-order chi connectivity index (χ1) is 20.5. The number of carbonyl (C=O) groups is 2. The highest BCUT2D eigenvalue weighted by Crippen LogP contribution is 2.28. The first kappa shape index (κ1) is 33.1. The van der Waals surface area contributed by atoms with Gasteiger partial charge in [0.15, 0.2) is 0 Å². The zero-order chi connectivity index (χ0) is 31.1. The lowest BCUT2D eigenvalue weighted by Gasteiger charge is -2.32. The minimum absolute atomic E-state index is 0.0143. The molecule has 0 aromatic heterocycles. The smallest absolute Gasteiger partial charge is 0.264 e. The standard InChI is InChI=1S/C31H34BrCl2N3O5S/c1-3-42-26-13-11-25(12-14-26)37(43(40,41)27-15-9-23(32)10-16-27)20-30(38)36(19-22-8-17-28(33)29(34)18-22)21(2)31(39)35-24-6-4-5-7-24/h8-18,21,24H,3-7,19-20H2,1-2H3,(H,35,39). The van der Waals surface area contributed by atoms with Gasteiger partial charge in [-0.15, -0.1) is 0 Å². The average molecular weight is 712 g/mol. The van der Waals surface area contributed by atoms with Crippen molar-refractivity contribution in [1.29, 1.82) is 0 Å². The third-order valence-electron chi connectivity index (χ3n) is 7.32. The number of amides is 2. The third kappa shape index (κ3) is 8.44. The molecule has 1 atom stereocenters. The van der Waals surface area contributed by atoms with Crippen LogP contribution in [0.15, 0.2) is 76.1 Å². The van der Waals surface area contributed by atoms with E-state index in [-0.39, 0.29) is 29.1 Å². The van der Waals surface area contributed by atoms with Gasteiger partial charge in [0, 0.05) is 17.1 Å². The van der Waals surface area contributed by atoms with Crippen molar-refractivity contribution in [2.24, 2.45) is 0 Å². The number of nitrogens with one attached hydrogen (secondary N) is 1. The van der Waals surface area contributed by atoms with Gasteiger partial charge in [0.2, 0.25) is 11.8 Å². The zero-order valence-corrected chi connectivity index (χ0v) is 27.8. The van der Waals surface area contributed by atoms with Gasteiger partial charge in [0.05, 0.1) is 27.2 Å². The molecule has 0 spiro atoms. The molecule has 1 unspecified atom stereocenters. The summed E-state index contributed by atoms with van der Waals surface area (Å²) in [7, 11) is -4.19. The monoisotopic (exact) mass is 709 g/mol. The van der Waals surface area contributed by atoms with Gasteiger partial charge in [0.1, 0.15) is 18.3 Å². The maximum absolute atomic E-state index is 14.1. The molecule has 0 saturated heterocycles. The van der Waals surface area contributed by atoms with E-state index in [0.29, 0.717) is 32.4 Å². The van der Waals surface area contributed by atoms with Crippen LogP contribution in [0.25, 0.3) is 0 Å². The molecule has 0 heterocycles. The van der Waals surface area contributed by atoms with Gasteiger partial charge in [-0.25, -0.2) is 8.42 Å². The summed E-state index contributed by atoms with van der Waals surface area (Å²) < 4.78 is 35.3. The molecular formula is C31H34BrCl2N3O5S. The van der Waals surface area contributed by atoms with Crippen LogP contribution in [-0.2, 0) is 26.2 Å². The van der Waals surface area contributed by atoms with Gasteiger partial charge in [-0.05, 0) is 92.9 Å². The fraction of sp³-hybridized carbons (Fsp3) is 0.355. The van der Waals surface area contributed by atoms with E-state index in [9.17, 15) is 18.0 Å². The highest BCUT2D eigenvalue weighted by atomic mass is 79.9. The topological polar surface area (TPSA) is 96.0 Å². The number of hydrogen-bond acceptors (Lipinski definition) is 5. The molecule has 1 N–H and O–H groups in total. The second kappa shape index (κ2) is 14.8. The molecule has 8 nitrogen and oxygen atoms in total. The van der Waals surface area contributed by atoms with Crippen LogP contribution < -0.4 is 14.4 Å². The summed E-state index contributed by atoms with van der Waals surface area (Å²) in [5.74, 6) is -0.296. The fourth-order valence-electron chi connectivity index (χ4n) is 4.95. The van der Waals surface area contributed by atoms with Crippen molar-refractivity contribution in [3.8, 4) is 5.75 Å². The predicted molar refractivity (Wildman–Crippen MR) is 173 cm³/mol. The van der Waals surface area contributed by atoms with Crippen LogP contribution in [0.3, 0.4) is 0 Å². The Bertz CT molecular complexity index is 1530. The largest absolute Gasteiger partial charge is 0.494 e. The Morgan fingerprint density at radius 1 is 1.00 bits per heavy atom. The Hall–Kier alpha value is -2.79. The molecule has 12 heteroatoms. The normalized spacial score (nSPS) is 14.3. The molecule has 1 fully saturated rings. The lowest BCUT2D eigenvalue weighted by atomic mass is 10.1. The van der Waals surface area contributed by atoms with Gasteiger partial charge in [-0.2, -0.15) is 0 Å². The van der Waals surface area contributed by atoms with Gasteiger partial charge < -0.3 is 15.0 Å². The van der Waals surface area contributed by atoms with E-state index in [2.05, 4.69) is 21.2 Å². The molecule has 1 saturated carbocycles. The van der Waals surface area contributed by atoms with Crippen molar-refractivity contribution in [2.45, 2.75) is 63.1 Å². The molecule has 43 heavy (non-hydrogen) atoms. The second-order valence-electron chi connectivity index (χ2n) is 10.3. The molecule has 3 aromatic carbocycles. The van der Waals surface area contributed by atoms with E-state index in [1.807, 2.05) is 6.92 Å². The summed E-state index contributed by atoms with van der Waals surface area (Å²) in [6, 6.07) is 16.8. The van der Waals surface area contributed by atoms with Crippen LogP contribution in [0.4, 0.5) is 5.69 Å². The Kier molecular flexibility index (Phi) is 11.4.